The molecule has 2 rings (SSSR count). The van der Waals surface area contributed by atoms with Crippen LogP contribution < -0.4 is 10.6 Å². The van der Waals surface area contributed by atoms with Crippen LogP contribution in [0.2, 0.25) is 0 Å². The maximum atomic E-state index is 4.32. The molecular weight excluding hydrogens is 162 g/mol. The zero-order valence-corrected chi connectivity index (χ0v) is 8.34. The molecule has 0 bridgehead atoms. The molecular formula is C10H19N3. The molecule has 0 aromatic heterocycles. The van der Waals surface area contributed by atoms with Crippen LogP contribution in [0.25, 0.3) is 0 Å². The van der Waals surface area contributed by atoms with Crippen LogP contribution in [-0.4, -0.2) is 25.6 Å². The number of rotatable bonds is 2. The third-order valence-electron chi connectivity index (χ3n) is 3.24. The molecule has 0 radical (unpaired) electrons. The van der Waals surface area contributed by atoms with E-state index in [0.29, 0.717) is 0 Å². The molecule has 0 aromatic rings. The Labute approximate surface area is 80.0 Å². The van der Waals surface area contributed by atoms with Crippen LogP contribution in [0.5, 0.6) is 0 Å². The van der Waals surface area contributed by atoms with E-state index >= 15 is 0 Å². The summed E-state index contributed by atoms with van der Waals surface area (Å²) in [5.41, 5.74) is 0. The third kappa shape index (κ3) is 2.14. The summed E-state index contributed by atoms with van der Waals surface area (Å²) < 4.78 is 0. The van der Waals surface area contributed by atoms with Crippen LogP contribution in [0, 0.1) is 11.8 Å². The van der Waals surface area contributed by atoms with Crippen molar-refractivity contribution in [3.63, 3.8) is 0 Å². The lowest BCUT2D eigenvalue weighted by molar-refractivity contribution is 0.414. The van der Waals surface area contributed by atoms with Crippen molar-refractivity contribution in [3.8, 4) is 0 Å². The molecule has 0 amide bonds. The van der Waals surface area contributed by atoms with Gasteiger partial charge in [-0.1, -0.05) is 19.8 Å². The van der Waals surface area contributed by atoms with Crippen molar-refractivity contribution in [2.45, 2.75) is 26.2 Å². The highest BCUT2D eigenvalue weighted by Gasteiger charge is 2.23. The summed E-state index contributed by atoms with van der Waals surface area (Å²) in [6, 6.07) is 0. The van der Waals surface area contributed by atoms with E-state index in [2.05, 4.69) is 22.5 Å². The Morgan fingerprint density at radius 3 is 3.08 bits per heavy atom. The molecule has 1 saturated carbocycles. The lowest BCUT2D eigenvalue weighted by atomic mass is 9.98. The average Bonchev–Trinajstić information content (AvgIpc) is 2.72. The average molecular weight is 181 g/mol. The largest absolute Gasteiger partial charge is 0.356 e. The molecule has 2 atom stereocenters. The van der Waals surface area contributed by atoms with Crippen LogP contribution in [0.1, 0.15) is 26.2 Å². The van der Waals surface area contributed by atoms with Crippen molar-refractivity contribution in [2.24, 2.45) is 16.8 Å². The van der Waals surface area contributed by atoms with Gasteiger partial charge >= 0.3 is 0 Å². The minimum absolute atomic E-state index is 0.866. The molecule has 1 aliphatic carbocycles. The fraction of sp³-hybridized carbons (Fsp3) is 0.900. The Morgan fingerprint density at radius 2 is 2.46 bits per heavy atom. The smallest absolute Gasteiger partial charge is 0.191 e. The van der Waals surface area contributed by atoms with Gasteiger partial charge in [0.1, 0.15) is 0 Å². The Balaban J connectivity index is 1.72. The van der Waals surface area contributed by atoms with E-state index in [4.69, 9.17) is 0 Å². The summed E-state index contributed by atoms with van der Waals surface area (Å²) in [6.45, 7) is 5.40. The van der Waals surface area contributed by atoms with Gasteiger partial charge in [0.25, 0.3) is 0 Å². The molecule has 1 aliphatic heterocycles. The van der Waals surface area contributed by atoms with Gasteiger partial charge in [0, 0.05) is 13.1 Å². The van der Waals surface area contributed by atoms with E-state index in [1.54, 1.807) is 0 Å². The van der Waals surface area contributed by atoms with Gasteiger partial charge in [-0.2, -0.15) is 0 Å². The van der Waals surface area contributed by atoms with E-state index in [1.807, 2.05) is 0 Å². The first-order valence-corrected chi connectivity index (χ1v) is 5.38. The molecule has 0 aromatic carbocycles. The quantitative estimate of drug-likeness (QED) is 0.666. The van der Waals surface area contributed by atoms with Gasteiger partial charge in [-0.05, 0) is 18.3 Å². The van der Waals surface area contributed by atoms with Crippen LogP contribution in [-0.2, 0) is 0 Å². The molecule has 2 aliphatic rings. The standard InChI is InChI=1S/C10H19N3/c1-8-3-2-4-9(8)7-13-10-11-5-6-12-10/h8-9H,2-7H2,1H3,(H2,11,12,13). The lowest BCUT2D eigenvalue weighted by Crippen LogP contribution is -2.37. The van der Waals surface area contributed by atoms with Gasteiger partial charge in [0.15, 0.2) is 5.96 Å². The molecule has 1 fully saturated rings. The van der Waals surface area contributed by atoms with Crippen molar-refractivity contribution in [3.05, 3.63) is 0 Å². The minimum atomic E-state index is 0.866. The van der Waals surface area contributed by atoms with E-state index in [9.17, 15) is 0 Å². The molecule has 2 unspecified atom stereocenters. The van der Waals surface area contributed by atoms with Crippen LogP contribution in [0.4, 0.5) is 0 Å². The second kappa shape index (κ2) is 3.99. The normalized spacial score (nSPS) is 32.8. The third-order valence-corrected chi connectivity index (χ3v) is 3.24. The maximum absolute atomic E-state index is 4.32. The van der Waals surface area contributed by atoms with E-state index < -0.39 is 0 Å². The van der Waals surface area contributed by atoms with Crippen molar-refractivity contribution >= 4 is 5.96 Å². The molecule has 2 N–H and O–H groups in total. The molecule has 13 heavy (non-hydrogen) atoms. The maximum Gasteiger partial charge on any atom is 0.191 e. The summed E-state index contributed by atoms with van der Waals surface area (Å²) in [7, 11) is 0. The highest BCUT2D eigenvalue weighted by atomic mass is 15.2. The van der Waals surface area contributed by atoms with Crippen LogP contribution >= 0.6 is 0 Å². The first kappa shape index (κ1) is 8.85. The van der Waals surface area contributed by atoms with Gasteiger partial charge in [0.05, 0.1) is 6.54 Å². The predicted molar refractivity (Wildman–Crippen MR) is 54.8 cm³/mol. The van der Waals surface area contributed by atoms with Gasteiger partial charge in [-0.25, -0.2) is 0 Å². The summed E-state index contributed by atoms with van der Waals surface area (Å²) in [5.74, 6) is 2.78. The number of nitrogens with one attached hydrogen (secondary N) is 2. The van der Waals surface area contributed by atoms with E-state index in [0.717, 1.165) is 37.4 Å². The number of aliphatic imine (C=N–C) groups is 1. The predicted octanol–water partition coefficient (Wildman–Crippen LogP) is 0.971. The highest BCUT2D eigenvalue weighted by molar-refractivity contribution is 5.81. The summed E-state index contributed by atoms with van der Waals surface area (Å²) >= 11 is 0. The molecule has 1 heterocycles. The Hall–Kier alpha value is -0.730. The Morgan fingerprint density at radius 1 is 1.54 bits per heavy atom. The monoisotopic (exact) mass is 181 g/mol. The number of nitrogens with zero attached hydrogens (tertiary/aromatic N) is 1. The van der Waals surface area contributed by atoms with Gasteiger partial charge in [-0.15, -0.1) is 0 Å². The SMILES string of the molecule is CC1CCCC1CNC1=NCCN1. The number of guanidine groups is 1. The zero-order valence-electron chi connectivity index (χ0n) is 8.34. The number of hydrogen-bond donors (Lipinski definition) is 2. The summed E-state index contributed by atoms with van der Waals surface area (Å²) in [4.78, 5) is 4.32. The number of hydrogen-bond acceptors (Lipinski definition) is 3. The first-order valence-electron chi connectivity index (χ1n) is 5.38. The van der Waals surface area contributed by atoms with Gasteiger partial charge < -0.3 is 10.6 Å². The van der Waals surface area contributed by atoms with Crippen LogP contribution in [0.3, 0.4) is 0 Å². The topological polar surface area (TPSA) is 36.4 Å². The van der Waals surface area contributed by atoms with Gasteiger partial charge in [-0.3, -0.25) is 4.99 Å². The fourth-order valence-corrected chi connectivity index (χ4v) is 2.27. The molecule has 3 nitrogen and oxygen atoms in total. The van der Waals surface area contributed by atoms with Gasteiger partial charge in [0.2, 0.25) is 0 Å². The minimum Gasteiger partial charge on any atom is -0.356 e. The van der Waals surface area contributed by atoms with Crippen molar-refractivity contribution < 1.29 is 0 Å². The van der Waals surface area contributed by atoms with E-state index in [1.165, 1.54) is 19.3 Å². The first-order chi connectivity index (χ1) is 6.36. The Kier molecular flexibility index (Phi) is 2.71. The lowest BCUT2D eigenvalue weighted by Gasteiger charge is -2.16. The van der Waals surface area contributed by atoms with Crippen molar-refractivity contribution in [2.75, 3.05) is 19.6 Å². The molecule has 0 spiro atoms. The Bertz CT molecular complexity index is 200. The van der Waals surface area contributed by atoms with E-state index in [-0.39, 0.29) is 0 Å². The highest BCUT2D eigenvalue weighted by Crippen LogP contribution is 2.30. The van der Waals surface area contributed by atoms with Crippen LogP contribution in [0.15, 0.2) is 4.99 Å². The van der Waals surface area contributed by atoms with Crippen molar-refractivity contribution in [1.82, 2.24) is 10.6 Å². The zero-order chi connectivity index (χ0) is 9.10. The van der Waals surface area contributed by atoms with Crippen molar-refractivity contribution in [1.29, 1.82) is 0 Å². The molecule has 74 valence electrons. The summed E-state index contributed by atoms with van der Waals surface area (Å²) in [6.07, 6.45) is 4.21. The molecule has 0 saturated heterocycles. The molecule has 3 heteroatoms. The second-order valence-electron chi connectivity index (χ2n) is 4.21. The second-order valence-corrected chi connectivity index (χ2v) is 4.21. The summed E-state index contributed by atoms with van der Waals surface area (Å²) in [5, 5.41) is 6.63. The fourth-order valence-electron chi connectivity index (χ4n) is 2.27.